The maximum atomic E-state index is 12.3. The molecule has 2 N–H and O–H groups in total. The molecule has 1 amide bonds. The minimum Gasteiger partial charge on any atom is -0.508 e. The lowest BCUT2D eigenvalue weighted by atomic mass is 10.0. The molecule has 2 aliphatic heterocycles. The van der Waals surface area contributed by atoms with Gasteiger partial charge in [-0.3, -0.25) is 9.69 Å². The van der Waals surface area contributed by atoms with Crippen molar-refractivity contribution in [2.45, 2.75) is 25.8 Å². The fourth-order valence-corrected chi connectivity index (χ4v) is 3.51. The Morgan fingerprint density at radius 2 is 2.09 bits per heavy atom. The van der Waals surface area contributed by atoms with Crippen LogP contribution in [0.2, 0.25) is 0 Å². The first-order valence-corrected chi connectivity index (χ1v) is 8.69. The molecule has 5 heteroatoms. The number of benzene rings is 1. The van der Waals surface area contributed by atoms with Crippen molar-refractivity contribution in [3.8, 4) is 5.75 Å². The largest absolute Gasteiger partial charge is 0.508 e. The first-order valence-electron chi connectivity index (χ1n) is 8.69. The standard InChI is InChI=1S/C18H27N3O2/c22-17-3-1-2-16(12-17)14-20-8-10-21(11-9-20)18(23)5-4-15-6-7-19-13-15/h1-3,12,15,19,22H,4-11,13-14H2. The van der Waals surface area contributed by atoms with Crippen LogP contribution in [0.1, 0.15) is 24.8 Å². The first-order chi connectivity index (χ1) is 11.2. The third kappa shape index (κ3) is 4.69. The summed E-state index contributed by atoms with van der Waals surface area (Å²) in [4.78, 5) is 16.7. The normalized spacial score (nSPS) is 22.4. The van der Waals surface area contributed by atoms with Crippen LogP contribution in [0.25, 0.3) is 0 Å². The van der Waals surface area contributed by atoms with E-state index >= 15 is 0 Å². The zero-order valence-corrected chi connectivity index (χ0v) is 13.7. The molecule has 0 aliphatic carbocycles. The van der Waals surface area contributed by atoms with E-state index in [1.165, 1.54) is 6.42 Å². The lowest BCUT2D eigenvalue weighted by molar-refractivity contribution is -0.133. The van der Waals surface area contributed by atoms with E-state index in [0.717, 1.165) is 57.8 Å². The number of hydrogen-bond donors (Lipinski definition) is 2. The van der Waals surface area contributed by atoms with Gasteiger partial charge < -0.3 is 15.3 Å². The SMILES string of the molecule is O=C(CCC1CCNC1)N1CCN(Cc2cccc(O)c2)CC1. The summed E-state index contributed by atoms with van der Waals surface area (Å²) < 4.78 is 0. The summed E-state index contributed by atoms with van der Waals surface area (Å²) in [6.45, 7) is 6.47. The van der Waals surface area contributed by atoms with Crippen molar-refractivity contribution in [3.63, 3.8) is 0 Å². The molecule has 1 atom stereocenters. The molecule has 2 heterocycles. The van der Waals surface area contributed by atoms with Gasteiger partial charge in [0.25, 0.3) is 0 Å². The van der Waals surface area contributed by atoms with Gasteiger partial charge in [0, 0.05) is 39.1 Å². The Bertz CT molecular complexity index is 521. The average molecular weight is 317 g/mol. The van der Waals surface area contributed by atoms with Gasteiger partial charge >= 0.3 is 0 Å². The third-order valence-electron chi connectivity index (χ3n) is 4.97. The predicted molar refractivity (Wildman–Crippen MR) is 90.2 cm³/mol. The molecule has 2 fully saturated rings. The van der Waals surface area contributed by atoms with Gasteiger partial charge in [0.2, 0.25) is 5.91 Å². The minimum absolute atomic E-state index is 0.314. The Morgan fingerprint density at radius 1 is 1.26 bits per heavy atom. The number of piperazine rings is 1. The molecule has 1 aromatic rings. The zero-order chi connectivity index (χ0) is 16.1. The molecule has 3 rings (SSSR count). The van der Waals surface area contributed by atoms with Crippen LogP contribution >= 0.6 is 0 Å². The van der Waals surface area contributed by atoms with Crippen molar-refractivity contribution < 1.29 is 9.90 Å². The molecule has 5 nitrogen and oxygen atoms in total. The van der Waals surface area contributed by atoms with Crippen molar-refractivity contribution in [2.75, 3.05) is 39.3 Å². The van der Waals surface area contributed by atoms with Crippen molar-refractivity contribution >= 4 is 5.91 Å². The van der Waals surface area contributed by atoms with Crippen molar-refractivity contribution in [1.82, 2.24) is 15.1 Å². The number of nitrogens with zero attached hydrogens (tertiary/aromatic N) is 2. The third-order valence-corrected chi connectivity index (χ3v) is 4.97. The molecule has 126 valence electrons. The van der Waals surface area contributed by atoms with E-state index in [2.05, 4.69) is 10.2 Å². The summed E-state index contributed by atoms with van der Waals surface area (Å²) in [5.74, 6) is 1.32. The lowest BCUT2D eigenvalue weighted by Gasteiger charge is -2.35. The van der Waals surface area contributed by atoms with E-state index in [4.69, 9.17) is 0 Å². The maximum Gasteiger partial charge on any atom is 0.222 e. The Hall–Kier alpha value is -1.59. The maximum absolute atomic E-state index is 12.3. The molecule has 0 spiro atoms. The summed E-state index contributed by atoms with van der Waals surface area (Å²) in [7, 11) is 0. The smallest absolute Gasteiger partial charge is 0.222 e. The van der Waals surface area contributed by atoms with Crippen LogP contribution in [-0.4, -0.2) is 60.1 Å². The van der Waals surface area contributed by atoms with E-state index in [1.807, 2.05) is 23.1 Å². The van der Waals surface area contributed by atoms with Gasteiger partial charge in [-0.15, -0.1) is 0 Å². The Kier molecular flexibility index (Phi) is 5.51. The molecule has 2 saturated heterocycles. The van der Waals surface area contributed by atoms with Crippen LogP contribution in [0.3, 0.4) is 0 Å². The molecule has 2 aliphatic rings. The highest BCUT2D eigenvalue weighted by Crippen LogP contribution is 2.17. The van der Waals surface area contributed by atoms with Gasteiger partial charge in [-0.05, 0) is 49.5 Å². The number of hydrogen-bond acceptors (Lipinski definition) is 4. The Balaban J connectivity index is 1.40. The second-order valence-electron chi connectivity index (χ2n) is 6.72. The van der Waals surface area contributed by atoms with E-state index in [1.54, 1.807) is 6.07 Å². The van der Waals surface area contributed by atoms with E-state index in [-0.39, 0.29) is 0 Å². The van der Waals surface area contributed by atoms with E-state index in [0.29, 0.717) is 24.0 Å². The Labute approximate surface area is 138 Å². The second kappa shape index (κ2) is 7.79. The number of amides is 1. The van der Waals surface area contributed by atoms with Gasteiger partial charge in [0.05, 0.1) is 0 Å². The molecule has 0 aromatic heterocycles. The number of nitrogens with one attached hydrogen (secondary N) is 1. The number of phenolic OH excluding ortho intramolecular Hbond substituents is 1. The summed E-state index contributed by atoms with van der Waals surface area (Å²) >= 11 is 0. The van der Waals surface area contributed by atoms with Crippen LogP contribution in [0, 0.1) is 5.92 Å². The number of phenols is 1. The highest BCUT2D eigenvalue weighted by molar-refractivity contribution is 5.76. The van der Waals surface area contributed by atoms with Crippen LogP contribution in [0.15, 0.2) is 24.3 Å². The molecule has 1 aromatic carbocycles. The number of rotatable bonds is 5. The van der Waals surface area contributed by atoms with Crippen molar-refractivity contribution in [3.05, 3.63) is 29.8 Å². The van der Waals surface area contributed by atoms with Crippen LogP contribution in [0.4, 0.5) is 0 Å². The monoisotopic (exact) mass is 317 g/mol. The van der Waals surface area contributed by atoms with E-state index in [9.17, 15) is 9.90 Å². The van der Waals surface area contributed by atoms with Crippen LogP contribution in [0.5, 0.6) is 5.75 Å². The fourth-order valence-electron chi connectivity index (χ4n) is 3.51. The van der Waals surface area contributed by atoms with Gasteiger partial charge in [-0.1, -0.05) is 12.1 Å². The first kappa shape index (κ1) is 16.3. The highest BCUT2D eigenvalue weighted by atomic mass is 16.3. The topological polar surface area (TPSA) is 55.8 Å². The number of carbonyl (C=O) groups is 1. The van der Waals surface area contributed by atoms with Gasteiger partial charge in [0.1, 0.15) is 5.75 Å². The summed E-state index contributed by atoms with van der Waals surface area (Å²) in [6, 6.07) is 7.42. The fraction of sp³-hybridized carbons (Fsp3) is 0.611. The van der Waals surface area contributed by atoms with Crippen LogP contribution in [-0.2, 0) is 11.3 Å². The molecule has 23 heavy (non-hydrogen) atoms. The lowest BCUT2D eigenvalue weighted by Crippen LogP contribution is -2.48. The summed E-state index contributed by atoms with van der Waals surface area (Å²) in [5, 5.41) is 12.9. The average Bonchev–Trinajstić information content (AvgIpc) is 3.07. The predicted octanol–water partition coefficient (Wildman–Crippen LogP) is 1.43. The quantitative estimate of drug-likeness (QED) is 0.862. The van der Waals surface area contributed by atoms with Crippen LogP contribution < -0.4 is 5.32 Å². The molecule has 0 radical (unpaired) electrons. The molecule has 0 saturated carbocycles. The number of carbonyl (C=O) groups excluding carboxylic acids is 1. The highest BCUT2D eigenvalue weighted by Gasteiger charge is 2.22. The molecular formula is C18H27N3O2. The molecular weight excluding hydrogens is 290 g/mol. The second-order valence-corrected chi connectivity index (χ2v) is 6.72. The summed E-state index contributed by atoms with van der Waals surface area (Å²) in [6.07, 6.45) is 2.93. The zero-order valence-electron chi connectivity index (χ0n) is 13.7. The molecule has 0 bridgehead atoms. The van der Waals surface area contributed by atoms with Gasteiger partial charge in [0.15, 0.2) is 0 Å². The minimum atomic E-state index is 0.314. The van der Waals surface area contributed by atoms with Crippen molar-refractivity contribution in [1.29, 1.82) is 0 Å². The van der Waals surface area contributed by atoms with E-state index < -0.39 is 0 Å². The number of aromatic hydroxyl groups is 1. The Morgan fingerprint density at radius 3 is 2.78 bits per heavy atom. The molecule has 1 unspecified atom stereocenters. The van der Waals surface area contributed by atoms with Gasteiger partial charge in [-0.25, -0.2) is 0 Å². The summed E-state index contributed by atoms with van der Waals surface area (Å²) in [5.41, 5.74) is 1.12. The van der Waals surface area contributed by atoms with Gasteiger partial charge in [-0.2, -0.15) is 0 Å². The van der Waals surface area contributed by atoms with Crippen molar-refractivity contribution in [2.24, 2.45) is 5.92 Å².